The number of hydrogen-bond donors (Lipinski definition) is 1. The van der Waals surface area contributed by atoms with Gasteiger partial charge < -0.3 is 10.2 Å². The van der Waals surface area contributed by atoms with E-state index in [1.165, 1.54) is 0 Å². The summed E-state index contributed by atoms with van der Waals surface area (Å²) < 4.78 is 1.71. The van der Waals surface area contributed by atoms with Crippen molar-refractivity contribution in [2.24, 2.45) is 0 Å². The normalized spacial score (nSPS) is 14.5. The molecule has 1 aliphatic rings. The summed E-state index contributed by atoms with van der Waals surface area (Å²) in [6.07, 6.45) is 0. The summed E-state index contributed by atoms with van der Waals surface area (Å²) in [5.41, 5.74) is 1.74. The number of amides is 2. The topological polar surface area (TPSA) is 83.4 Å². The number of benzene rings is 2. The Morgan fingerprint density at radius 1 is 0.933 bits per heavy atom. The van der Waals surface area contributed by atoms with Crippen molar-refractivity contribution in [1.82, 2.24) is 29.9 Å². The van der Waals surface area contributed by atoms with E-state index in [-0.39, 0.29) is 17.6 Å². The smallest absolute Gasteiger partial charge is 0.293 e. The Kier molecular flexibility index (Phi) is 5.85. The van der Waals surface area contributed by atoms with E-state index in [9.17, 15) is 9.59 Å². The molecule has 0 aliphatic carbocycles. The van der Waals surface area contributed by atoms with Crippen LogP contribution in [0.1, 0.15) is 10.6 Å². The number of piperazine rings is 1. The van der Waals surface area contributed by atoms with E-state index in [0.717, 1.165) is 11.3 Å². The van der Waals surface area contributed by atoms with Crippen LogP contribution in [0.5, 0.6) is 0 Å². The van der Waals surface area contributed by atoms with Crippen LogP contribution in [-0.2, 0) is 4.79 Å². The first-order valence-electron chi connectivity index (χ1n) is 9.96. The summed E-state index contributed by atoms with van der Waals surface area (Å²) in [7, 11) is 1.63. The van der Waals surface area contributed by atoms with Gasteiger partial charge in [0.1, 0.15) is 0 Å². The molecular formula is C22H24N6O2. The number of hydrogen-bond acceptors (Lipinski definition) is 5. The van der Waals surface area contributed by atoms with Crippen LogP contribution in [0.4, 0.5) is 0 Å². The maximum Gasteiger partial charge on any atom is 0.293 e. The Bertz CT molecular complexity index is 954. The van der Waals surface area contributed by atoms with Crippen molar-refractivity contribution in [3.8, 4) is 17.1 Å². The Morgan fingerprint density at radius 2 is 1.57 bits per heavy atom. The molecule has 0 spiro atoms. The number of aromatic nitrogens is 3. The Hall–Kier alpha value is -3.52. The first-order chi connectivity index (χ1) is 14.7. The number of carbonyl (C=O) groups excluding carboxylic acids is 2. The number of rotatable bonds is 5. The first-order valence-corrected chi connectivity index (χ1v) is 9.96. The summed E-state index contributed by atoms with van der Waals surface area (Å²) in [6, 6.07) is 19.4. The van der Waals surface area contributed by atoms with Gasteiger partial charge in [0.2, 0.25) is 11.7 Å². The van der Waals surface area contributed by atoms with Gasteiger partial charge in [0, 0.05) is 38.8 Å². The van der Waals surface area contributed by atoms with Crippen LogP contribution in [0, 0.1) is 0 Å². The van der Waals surface area contributed by atoms with Crippen LogP contribution in [0.25, 0.3) is 17.1 Å². The molecule has 2 heterocycles. The van der Waals surface area contributed by atoms with E-state index < -0.39 is 0 Å². The quantitative estimate of drug-likeness (QED) is 0.696. The van der Waals surface area contributed by atoms with Crippen molar-refractivity contribution in [3.05, 3.63) is 66.5 Å². The molecule has 8 heteroatoms. The third-order valence-electron chi connectivity index (χ3n) is 5.14. The maximum atomic E-state index is 13.1. The van der Waals surface area contributed by atoms with E-state index in [1.54, 1.807) is 16.6 Å². The van der Waals surface area contributed by atoms with Gasteiger partial charge >= 0.3 is 0 Å². The molecule has 1 saturated heterocycles. The molecule has 1 N–H and O–H groups in total. The molecule has 1 aliphatic heterocycles. The summed E-state index contributed by atoms with van der Waals surface area (Å²) in [4.78, 5) is 33.1. The highest BCUT2D eigenvalue weighted by atomic mass is 16.2. The van der Waals surface area contributed by atoms with Crippen LogP contribution in [-0.4, -0.2) is 76.2 Å². The zero-order valence-corrected chi connectivity index (χ0v) is 16.9. The fourth-order valence-corrected chi connectivity index (χ4v) is 3.46. The second kappa shape index (κ2) is 8.87. The highest BCUT2D eigenvalue weighted by molar-refractivity contribution is 5.91. The highest BCUT2D eigenvalue weighted by Crippen LogP contribution is 2.21. The molecule has 0 bridgehead atoms. The Labute approximate surface area is 175 Å². The third-order valence-corrected chi connectivity index (χ3v) is 5.14. The van der Waals surface area contributed by atoms with E-state index in [1.807, 2.05) is 65.6 Å². The van der Waals surface area contributed by atoms with Gasteiger partial charge in [-0.2, -0.15) is 0 Å². The lowest BCUT2D eigenvalue weighted by Gasteiger charge is -2.33. The number of nitrogens with one attached hydrogen (secondary N) is 1. The molecule has 0 saturated carbocycles. The lowest BCUT2D eigenvalue weighted by atomic mass is 10.2. The number of likely N-dealkylation sites (N-methyl/N-ethyl adjacent to an activating group) is 1. The van der Waals surface area contributed by atoms with E-state index in [2.05, 4.69) is 15.4 Å². The van der Waals surface area contributed by atoms with Crippen LogP contribution < -0.4 is 5.32 Å². The zero-order valence-electron chi connectivity index (χ0n) is 16.9. The SMILES string of the molecule is CNC(=O)CN1CCN(C(=O)c2nc(-c3ccccc3)n(-c3ccccc3)n2)CC1. The largest absolute Gasteiger partial charge is 0.358 e. The fraction of sp³-hybridized carbons (Fsp3) is 0.273. The lowest BCUT2D eigenvalue weighted by Crippen LogP contribution is -2.51. The molecule has 0 radical (unpaired) electrons. The minimum Gasteiger partial charge on any atom is -0.358 e. The number of para-hydroxylation sites is 1. The molecule has 0 atom stereocenters. The molecule has 30 heavy (non-hydrogen) atoms. The minimum absolute atomic E-state index is 0.0226. The number of carbonyl (C=O) groups is 2. The molecule has 2 aromatic carbocycles. The fourth-order valence-electron chi connectivity index (χ4n) is 3.46. The van der Waals surface area contributed by atoms with Crippen LogP contribution in [0.3, 0.4) is 0 Å². The van der Waals surface area contributed by atoms with Crippen molar-refractivity contribution in [2.75, 3.05) is 39.8 Å². The monoisotopic (exact) mass is 404 g/mol. The third kappa shape index (κ3) is 4.23. The molecule has 3 aromatic rings. The Balaban J connectivity index is 1.57. The number of nitrogens with zero attached hydrogens (tertiary/aromatic N) is 5. The second-order valence-electron chi connectivity index (χ2n) is 7.11. The van der Waals surface area contributed by atoms with Gasteiger partial charge in [0.15, 0.2) is 5.82 Å². The minimum atomic E-state index is -0.193. The van der Waals surface area contributed by atoms with Gasteiger partial charge in [0.25, 0.3) is 5.91 Å². The van der Waals surface area contributed by atoms with Crippen molar-refractivity contribution < 1.29 is 9.59 Å². The zero-order chi connectivity index (χ0) is 20.9. The van der Waals surface area contributed by atoms with Crippen LogP contribution >= 0.6 is 0 Å². The summed E-state index contributed by atoms with van der Waals surface area (Å²) >= 11 is 0. The van der Waals surface area contributed by atoms with Crippen molar-refractivity contribution in [3.63, 3.8) is 0 Å². The molecular weight excluding hydrogens is 380 g/mol. The van der Waals surface area contributed by atoms with Gasteiger partial charge in [-0.15, -0.1) is 5.10 Å². The average Bonchev–Trinajstić information content (AvgIpc) is 3.26. The Morgan fingerprint density at radius 3 is 2.20 bits per heavy atom. The van der Waals surface area contributed by atoms with E-state index in [4.69, 9.17) is 0 Å². The molecule has 4 rings (SSSR count). The van der Waals surface area contributed by atoms with Gasteiger partial charge in [-0.1, -0.05) is 48.5 Å². The predicted molar refractivity (Wildman–Crippen MR) is 113 cm³/mol. The highest BCUT2D eigenvalue weighted by Gasteiger charge is 2.27. The maximum absolute atomic E-state index is 13.1. The molecule has 1 aromatic heterocycles. The van der Waals surface area contributed by atoms with Gasteiger partial charge in [0.05, 0.1) is 12.2 Å². The van der Waals surface area contributed by atoms with Crippen molar-refractivity contribution in [2.45, 2.75) is 0 Å². The molecule has 0 unspecified atom stereocenters. The summed E-state index contributed by atoms with van der Waals surface area (Å²) in [6.45, 7) is 2.71. The van der Waals surface area contributed by atoms with Gasteiger partial charge in [-0.25, -0.2) is 9.67 Å². The van der Waals surface area contributed by atoms with Gasteiger partial charge in [-0.05, 0) is 12.1 Å². The molecule has 2 amide bonds. The van der Waals surface area contributed by atoms with E-state index >= 15 is 0 Å². The van der Waals surface area contributed by atoms with Gasteiger partial charge in [-0.3, -0.25) is 14.5 Å². The second-order valence-corrected chi connectivity index (χ2v) is 7.11. The first kappa shape index (κ1) is 19.8. The van der Waals surface area contributed by atoms with Crippen LogP contribution in [0.2, 0.25) is 0 Å². The lowest BCUT2D eigenvalue weighted by molar-refractivity contribution is -0.122. The van der Waals surface area contributed by atoms with Crippen molar-refractivity contribution >= 4 is 11.8 Å². The summed E-state index contributed by atoms with van der Waals surface area (Å²) in [5, 5.41) is 7.18. The summed E-state index contributed by atoms with van der Waals surface area (Å²) in [5.74, 6) is 0.591. The van der Waals surface area contributed by atoms with E-state index in [0.29, 0.717) is 38.5 Å². The average molecular weight is 404 g/mol. The molecule has 1 fully saturated rings. The predicted octanol–water partition coefficient (Wildman–Crippen LogP) is 1.44. The van der Waals surface area contributed by atoms with Crippen molar-refractivity contribution in [1.29, 1.82) is 0 Å². The standard InChI is InChI=1S/C22H24N6O2/c1-23-19(29)16-26-12-14-27(15-13-26)22(30)20-24-21(17-8-4-2-5-9-17)28(25-20)18-10-6-3-7-11-18/h2-11H,12-16H2,1H3,(H,23,29). The molecule has 154 valence electrons. The van der Waals surface area contributed by atoms with Crippen LogP contribution in [0.15, 0.2) is 60.7 Å². The molecule has 8 nitrogen and oxygen atoms in total.